The molecule has 0 saturated carbocycles. The van der Waals surface area contributed by atoms with Gasteiger partial charge in [-0.3, -0.25) is 9.88 Å². The molecular formula is C15H14FN3. The lowest BCUT2D eigenvalue weighted by Gasteiger charge is -2.28. The van der Waals surface area contributed by atoms with Crippen LogP contribution in [0, 0.1) is 17.1 Å². The molecule has 0 saturated heterocycles. The minimum Gasteiger partial charge on any atom is -0.299 e. The maximum Gasteiger partial charge on any atom is 0.124 e. The van der Waals surface area contributed by atoms with Crippen molar-refractivity contribution in [1.29, 1.82) is 5.26 Å². The molecule has 0 bridgehead atoms. The molecule has 2 aromatic rings. The predicted octanol–water partition coefficient (Wildman–Crippen LogP) is 2.62. The molecule has 0 fully saturated rings. The van der Waals surface area contributed by atoms with Crippen molar-refractivity contribution in [2.45, 2.75) is 19.9 Å². The normalized spacial score (nSPS) is 15.2. The molecule has 1 aromatic carbocycles. The van der Waals surface area contributed by atoms with Gasteiger partial charge in [-0.25, -0.2) is 4.39 Å². The largest absolute Gasteiger partial charge is 0.299 e. The first kappa shape index (κ1) is 12.1. The van der Waals surface area contributed by atoms with Gasteiger partial charge in [-0.05, 0) is 24.7 Å². The van der Waals surface area contributed by atoms with E-state index >= 15 is 0 Å². The van der Waals surface area contributed by atoms with Gasteiger partial charge in [0.2, 0.25) is 0 Å². The number of fused-ring (bicyclic) bond motifs is 2. The molecule has 0 unspecified atom stereocenters. The number of aromatic nitrogens is 1. The van der Waals surface area contributed by atoms with E-state index in [0.717, 1.165) is 37.3 Å². The lowest BCUT2D eigenvalue weighted by molar-refractivity contribution is 0.266. The van der Waals surface area contributed by atoms with Gasteiger partial charge in [0.05, 0.1) is 11.1 Å². The highest BCUT2D eigenvalue weighted by Gasteiger charge is 2.21. The van der Waals surface area contributed by atoms with Crippen molar-refractivity contribution in [2.75, 3.05) is 13.1 Å². The van der Waals surface area contributed by atoms with Gasteiger partial charge in [-0.15, -0.1) is 0 Å². The summed E-state index contributed by atoms with van der Waals surface area (Å²) in [5, 5.41) is 10.0. The van der Waals surface area contributed by atoms with Crippen LogP contribution in [0.5, 0.6) is 0 Å². The Morgan fingerprint density at radius 2 is 2.32 bits per heavy atom. The Hall–Kier alpha value is -1.99. The van der Waals surface area contributed by atoms with E-state index in [1.54, 1.807) is 6.07 Å². The molecule has 0 aliphatic carbocycles. The lowest BCUT2D eigenvalue weighted by atomic mass is 9.96. The molecule has 1 aliphatic rings. The number of likely N-dealkylation sites (N-methyl/N-ethyl adjacent to an activating group) is 1. The molecule has 3 rings (SSSR count). The zero-order valence-electron chi connectivity index (χ0n) is 10.8. The smallest absolute Gasteiger partial charge is 0.124 e. The van der Waals surface area contributed by atoms with Gasteiger partial charge in [0.25, 0.3) is 0 Å². The average molecular weight is 255 g/mol. The number of hydrogen-bond acceptors (Lipinski definition) is 3. The molecular weight excluding hydrogens is 241 g/mol. The van der Waals surface area contributed by atoms with Crippen molar-refractivity contribution in [3.05, 3.63) is 40.8 Å². The highest BCUT2D eigenvalue weighted by molar-refractivity contribution is 5.86. The first-order valence-electron chi connectivity index (χ1n) is 6.46. The highest BCUT2D eigenvalue weighted by atomic mass is 19.1. The number of benzene rings is 1. The molecule has 0 atom stereocenters. The van der Waals surface area contributed by atoms with Gasteiger partial charge in [-0.2, -0.15) is 5.26 Å². The lowest BCUT2D eigenvalue weighted by Crippen LogP contribution is -2.31. The summed E-state index contributed by atoms with van der Waals surface area (Å²) in [6.07, 6.45) is 0.852. The van der Waals surface area contributed by atoms with E-state index in [-0.39, 0.29) is 5.82 Å². The second kappa shape index (κ2) is 4.60. The maximum atomic E-state index is 13.4. The Kier molecular flexibility index (Phi) is 2.92. The van der Waals surface area contributed by atoms with Crippen molar-refractivity contribution < 1.29 is 4.39 Å². The van der Waals surface area contributed by atoms with Crippen molar-refractivity contribution in [3.63, 3.8) is 0 Å². The monoisotopic (exact) mass is 255 g/mol. The van der Waals surface area contributed by atoms with Gasteiger partial charge in [-0.1, -0.05) is 6.92 Å². The van der Waals surface area contributed by atoms with Crippen molar-refractivity contribution in [3.8, 4) is 6.07 Å². The van der Waals surface area contributed by atoms with E-state index in [1.807, 2.05) is 0 Å². The predicted molar refractivity (Wildman–Crippen MR) is 71.1 cm³/mol. The molecule has 0 amide bonds. The van der Waals surface area contributed by atoms with Crippen LogP contribution in [0.15, 0.2) is 18.2 Å². The van der Waals surface area contributed by atoms with E-state index < -0.39 is 0 Å². The fourth-order valence-corrected chi connectivity index (χ4v) is 2.67. The van der Waals surface area contributed by atoms with Gasteiger partial charge in [0, 0.05) is 36.2 Å². The van der Waals surface area contributed by atoms with Crippen LogP contribution in [0.4, 0.5) is 4.39 Å². The van der Waals surface area contributed by atoms with Crippen molar-refractivity contribution in [2.24, 2.45) is 0 Å². The molecule has 3 nitrogen and oxygen atoms in total. The number of rotatable bonds is 1. The Labute approximate surface area is 111 Å². The summed E-state index contributed by atoms with van der Waals surface area (Å²) in [6, 6.07) is 6.69. The average Bonchev–Trinajstić information content (AvgIpc) is 2.44. The maximum absolute atomic E-state index is 13.4. The van der Waals surface area contributed by atoms with E-state index in [1.165, 1.54) is 12.1 Å². The molecule has 1 aliphatic heterocycles. The molecule has 0 N–H and O–H groups in total. The Morgan fingerprint density at radius 3 is 3.05 bits per heavy atom. The van der Waals surface area contributed by atoms with E-state index in [2.05, 4.69) is 22.9 Å². The van der Waals surface area contributed by atoms with Crippen LogP contribution in [0.2, 0.25) is 0 Å². The Bertz CT molecular complexity index is 688. The summed E-state index contributed by atoms with van der Waals surface area (Å²) in [6.45, 7) is 4.75. The van der Waals surface area contributed by atoms with Gasteiger partial charge in [0.15, 0.2) is 0 Å². The first-order valence-corrected chi connectivity index (χ1v) is 6.46. The van der Waals surface area contributed by atoms with E-state index in [4.69, 9.17) is 0 Å². The fourth-order valence-electron chi connectivity index (χ4n) is 2.67. The third-order valence-corrected chi connectivity index (χ3v) is 3.74. The Morgan fingerprint density at radius 1 is 1.47 bits per heavy atom. The zero-order valence-corrected chi connectivity index (χ0v) is 10.8. The van der Waals surface area contributed by atoms with Crippen LogP contribution in [0.1, 0.15) is 23.7 Å². The number of nitriles is 1. The van der Waals surface area contributed by atoms with Crippen LogP contribution < -0.4 is 0 Å². The summed E-state index contributed by atoms with van der Waals surface area (Å²) in [5.41, 5.74) is 3.24. The number of halogens is 1. The molecule has 0 spiro atoms. The van der Waals surface area contributed by atoms with E-state index in [9.17, 15) is 9.65 Å². The van der Waals surface area contributed by atoms with Crippen LogP contribution in [0.25, 0.3) is 10.9 Å². The van der Waals surface area contributed by atoms with Gasteiger partial charge >= 0.3 is 0 Å². The van der Waals surface area contributed by atoms with Gasteiger partial charge < -0.3 is 0 Å². The van der Waals surface area contributed by atoms with Crippen molar-refractivity contribution >= 4 is 10.9 Å². The van der Waals surface area contributed by atoms with Gasteiger partial charge in [0.1, 0.15) is 11.9 Å². The zero-order chi connectivity index (χ0) is 13.4. The second-order valence-corrected chi connectivity index (χ2v) is 4.80. The minimum atomic E-state index is -0.325. The fraction of sp³-hybridized carbons (Fsp3) is 0.333. The second-order valence-electron chi connectivity index (χ2n) is 4.80. The summed E-state index contributed by atoms with van der Waals surface area (Å²) in [4.78, 5) is 6.86. The third kappa shape index (κ3) is 1.96. The molecule has 19 heavy (non-hydrogen) atoms. The number of hydrogen-bond donors (Lipinski definition) is 0. The van der Waals surface area contributed by atoms with Crippen LogP contribution in [0.3, 0.4) is 0 Å². The van der Waals surface area contributed by atoms with Crippen LogP contribution in [-0.4, -0.2) is 23.0 Å². The molecule has 2 heterocycles. The number of nitrogens with zero attached hydrogens (tertiary/aromatic N) is 3. The van der Waals surface area contributed by atoms with Crippen molar-refractivity contribution in [1.82, 2.24) is 9.88 Å². The minimum absolute atomic E-state index is 0.325. The van der Waals surface area contributed by atoms with Crippen LogP contribution >= 0.6 is 0 Å². The number of pyridine rings is 1. The highest BCUT2D eigenvalue weighted by Crippen LogP contribution is 2.27. The molecule has 0 radical (unpaired) electrons. The summed E-state index contributed by atoms with van der Waals surface area (Å²) < 4.78 is 13.4. The quantitative estimate of drug-likeness (QED) is 0.786. The Balaban J connectivity index is 2.27. The summed E-state index contributed by atoms with van der Waals surface area (Å²) in [7, 11) is 0. The SMILES string of the molecule is CCN1CCc2nc3ccc(F)cc3c(C#N)c2C1. The topological polar surface area (TPSA) is 39.9 Å². The summed E-state index contributed by atoms with van der Waals surface area (Å²) >= 11 is 0. The molecule has 96 valence electrons. The van der Waals surface area contributed by atoms with E-state index in [0.29, 0.717) is 16.5 Å². The standard InChI is InChI=1S/C15H14FN3/c1-2-19-6-5-15-13(9-19)12(8-17)11-7-10(16)3-4-14(11)18-15/h3-4,7H,2,5-6,9H2,1H3. The third-order valence-electron chi connectivity index (χ3n) is 3.74. The first-order chi connectivity index (χ1) is 9.22. The molecule has 4 heteroatoms. The summed E-state index contributed by atoms with van der Waals surface area (Å²) in [5.74, 6) is -0.325. The molecule has 1 aromatic heterocycles. The van der Waals surface area contributed by atoms with Crippen LogP contribution in [-0.2, 0) is 13.0 Å².